The Kier molecular flexibility index (Phi) is 6.73. The van der Waals surface area contributed by atoms with Crippen LogP contribution < -0.4 is 16.3 Å². The van der Waals surface area contributed by atoms with Crippen LogP contribution in [0.5, 0.6) is 0 Å². The van der Waals surface area contributed by atoms with E-state index in [-0.39, 0.29) is 12.1 Å². The third-order valence-corrected chi connectivity index (χ3v) is 7.09. The minimum absolute atomic E-state index is 0.00877. The van der Waals surface area contributed by atoms with Crippen LogP contribution in [0.15, 0.2) is 24.6 Å². The van der Waals surface area contributed by atoms with E-state index in [1.807, 2.05) is 0 Å². The number of hydrogen-bond acceptors (Lipinski definition) is 4. The summed E-state index contributed by atoms with van der Waals surface area (Å²) in [5.41, 5.74) is 13.2. The van der Waals surface area contributed by atoms with Gasteiger partial charge in [-0.25, -0.2) is 0 Å². The Morgan fingerprint density at radius 1 is 1.33 bits per heavy atom. The van der Waals surface area contributed by atoms with Gasteiger partial charge in [-0.2, -0.15) is 0 Å². The molecule has 0 saturated carbocycles. The molecule has 24 heavy (non-hydrogen) atoms. The maximum atomic E-state index is 12.1. The van der Waals surface area contributed by atoms with Gasteiger partial charge in [0.2, 0.25) is 7.44 Å². The van der Waals surface area contributed by atoms with E-state index >= 15 is 0 Å². The highest BCUT2D eigenvalue weighted by atomic mass is 31.2. The molecular formula is C17H35N4O2P. The van der Waals surface area contributed by atoms with Crippen molar-refractivity contribution >= 4 is 7.44 Å². The van der Waals surface area contributed by atoms with E-state index in [0.717, 1.165) is 24.4 Å². The lowest BCUT2D eigenvalue weighted by molar-refractivity contribution is 0.110. The van der Waals surface area contributed by atoms with Crippen LogP contribution in [0, 0.1) is 11.8 Å². The number of likely N-dealkylation sites (tertiary alicyclic amines) is 1. The van der Waals surface area contributed by atoms with Gasteiger partial charge in [0.1, 0.15) is 5.28 Å². The van der Waals surface area contributed by atoms with Gasteiger partial charge in [-0.05, 0) is 25.7 Å². The number of allylic oxidation sites excluding steroid dienone is 1. The third kappa shape index (κ3) is 4.63. The molecule has 0 aromatic rings. The molecule has 1 rings (SSSR count). The van der Waals surface area contributed by atoms with Crippen molar-refractivity contribution in [2.45, 2.75) is 58.5 Å². The second kappa shape index (κ2) is 7.61. The maximum absolute atomic E-state index is 12.1. The lowest BCUT2D eigenvalue weighted by Crippen LogP contribution is -2.47. The van der Waals surface area contributed by atoms with E-state index < -0.39 is 12.7 Å². The van der Waals surface area contributed by atoms with Gasteiger partial charge in [-0.15, -0.1) is 0 Å². The Morgan fingerprint density at radius 2 is 1.88 bits per heavy atom. The van der Waals surface area contributed by atoms with Gasteiger partial charge < -0.3 is 15.0 Å². The van der Waals surface area contributed by atoms with Crippen molar-refractivity contribution in [1.29, 1.82) is 0 Å². The van der Waals surface area contributed by atoms with Crippen molar-refractivity contribution in [2.75, 3.05) is 13.7 Å². The first-order chi connectivity index (χ1) is 10.8. The van der Waals surface area contributed by atoms with Crippen molar-refractivity contribution in [1.82, 2.24) is 10.2 Å². The Balaban J connectivity index is 2.99. The summed E-state index contributed by atoms with van der Waals surface area (Å²) in [4.78, 5) is 2.24. The molecule has 7 heteroatoms. The van der Waals surface area contributed by atoms with Gasteiger partial charge in [0.15, 0.2) is 0 Å². The van der Waals surface area contributed by atoms with Crippen LogP contribution >= 0.6 is 7.44 Å². The van der Waals surface area contributed by atoms with E-state index in [1.54, 1.807) is 21.0 Å². The molecule has 0 amide bonds. The molecule has 5 N–H and O–H groups in total. The summed E-state index contributed by atoms with van der Waals surface area (Å²) in [5, 5.41) is 2.27. The predicted molar refractivity (Wildman–Crippen MR) is 101 cm³/mol. The Bertz CT molecular complexity index is 527. The van der Waals surface area contributed by atoms with Gasteiger partial charge in [-0.1, -0.05) is 33.9 Å². The molecule has 3 unspecified atom stereocenters. The molecular weight excluding hydrogens is 323 g/mol. The number of hydrogen-bond donors (Lipinski definition) is 3. The molecule has 1 fully saturated rings. The van der Waals surface area contributed by atoms with Crippen LogP contribution in [0.2, 0.25) is 0 Å². The topological polar surface area (TPSA) is 93.6 Å². The normalized spacial score (nSPS) is 23.5. The molecule has 0 aromatic heterocycles. The fourth-order valence-electron chi connectivity index (χ4n) is 2.83. The molecule has 0 aliphatic carbocycles. The molecule has 1 saturated heterocycles. The van der Waals surface area contributed by atoms with Crippen LogP contribution in [0.3, 0.4) is 0 Å². The molecule has 0 bridgehead atoms. The SMILES string of the molecule is C=C(NC(C)(C)P(N)(N)=O)C1CC(OC)CN1C(=C)C(C)C(C)C. The second-order valence-electron chi connectivity index (χ2n) is 7.70. The minimum Gasteiger partial charge on any atom is -0.380 e. The number of nitrogens with zero attached hydrogens (tertiary/aromatic N) is 1. The van der Waals surface area contributed by atoms with E-state index in [0.29, 0.717) is 11.8 Å². The summed E-state index contributed by atoms with van der Waals surface area (Å²) in [6, 6.07) is 0.00877. The van der Waals surface area contributed by atoms with Crippen molar-refractivity contribution in [3.05, 3.63) is 24.6 Å². The Hall–Kier alpha value is -0.810. The van der Waals surface area contributed by atoms with Crippen LogP contribution in [-0.4, -0.2) is 36.0 Å². The maximum Gasteiger partial charge on any atom is 0.230 e. The number of methoxy groups -OCH3 is 1. The van der Waals surface area contributed by atoms with Gasteiger partial charge in [0.05, 0.1) is 12.1 Å². The Morgan fingerprint density at radius 3 is 2.29 bits per heavy atom. The van der Waals surface area contributed by atoms with E-state index in [9.17, 15) is 4.57 Å². The average Bonchev–Trinajstić information content (AvgIpc) is 2.88. The van der Waals surface area contributed by atoms with Crippen molar-refractivity contribution in [2.24, 2.45) is 22.8 Å². The fraction of sp³-hybridized carbons (Fsp3) is 0.765. The zero-order chi connectivity index (χ0) is 18.9. The van der Waals surface area contributed by atoms with Crippen LogP contribution in [0.4, 0.5) is 0 Å². The first-order valence-corrected chi connectivity index (χ1v) is 10.3. The zero-order valence-electron chi connectivity index (χ0n) is 16.0. The number of rotatable bonds is 8. The number of nitrogens with two attached hydrogens (primary N) is 2. The van der Waals surface area contributed by atoms with Crippen LogP contribution in [0.1, 0.15) is 41.0 Å². The average molecular weight is 358 g/mol. The van der Waals surface area contributed by atoms with Crippen molar-refractivity contribution < 1.29 is 9.30 Å². The summed E-state index contributed by atoms with van der Waals surface area (Å²) in [5.74, 6) is 0.838. The quantitative estimate of drug-likeness (QED) is 0.578. The third-order valence-electron chi connectivity index (χ3n) is 5.23. The lowest BCUT2D eigenvalue weighted by Gasteiger charge is -2.38. The lowest BCUT2D eigenvalue weighted by atomic mass is 9.94. The van der Waals surface area contributed by atoms with E-state index in [1.165, 1.54) is 0 Å². The highest BCUT2D eigenvalue weighted by Crippen LogP contribution is 2.42. The van der Waals surface area contributed by atoms with Crippen LogP contribution in [0.25, 0.3) is 0 Å². The molecule has 0 spiro atoms. The first kappa shape index (κ1) is 21.2. The molecule has 140 valence electrons. The number of ether oxygens (including phenoxy) is 1. The van der Waals surface area contributed by atoms with E-state index in [4.69, 9.17) is 15.7 Å². The zero-order valence-corrected chi connectivity index (χ0v) is 16.9. The standard InChI is InChI=1S/C17H35N4O2P/c1-11(2)12(3)14(5)21-10-15(23-8)9-16(21)13(4)20-17(6,7)24(18,19)22/h11-12,15-16,20H,4-5,9-10H2,1-3,6-8H3,(H4,18,19,22). The first-order valence-electron chi connectivity index (χ1n) is 8.44. The molecule has 0 aromatic carbocycles. The van der Waals surface area contributed by atoms with Gasteiger partial charge >= 0.3 is 0 Å². The summed E-state index contributed by atoms with van der Waals surface area (Å²) >= 11 is 0. The van der Waals surface area contributed by atoms with Crippen molar-refractivity contribution in [3.63, 3.8) is 0 Å². The van der Waals surface area contributed by atoms with Gasteiger partial charge in [0.25, 0.3) is 0 Å². The number of nitrogens with one attached hydrogen (secondary N) is 1. The minimum atomic E-state index is -3.31. The molecule has 3 atom stereocenters. The second-order valence-corrected chi connectivity index (χ2v) is 10.2. The molecule has 0 radical (unpaired) electrons. The van der Waals surface area contributed by atoms with Crippen molar-refractivity contribution in [3.8, 4) is 0 Å². The highest BCUT2D eigenvalue weighted by Gasteiger charge is 2.40. The summed E-state index contributed by atoms with van der Waals surface area (Å²) in [6.45, 7) is 19.2. The molecule has 1 aliphatic rings. The largest absolute Gasteiger partial charge is 0.380 e. The summed E-state index contributed by atoms with van der Waals surface area (Å²) < 4.78 is 17.7. The monoisotopic (exact) mass is 358 g/mol. The molecule has 1 aliphatic heterocycles. The molecule has 1 heterocycles. The van der Waals surface area contributed by atoms with E-state index in [2.05, 4.69) is 44.1 Å². The molecule has 6 nitrogen and oxygen atoms in total. The fourth-order valence-corrected chi connectivity index (χ4v) is 3.14. The highest BCUT2D eigenvalue weighted by molar-refractivity contribution is 7.60. The predicted octanol–water partition coefficient (Wildman–Crippen LogP) is 2.83. The summed E-state index contributed by atoms with van der Waals surface area (Å²) in [6.07, 6.45) is 0.900. The summed E-state index contributed by atoms with van der Waals surface area (Å²) in [7, 11) is -1.59. The van der Waals surface area contributed by atoms with Crippen LogP contribution in [-0.2, 0) is 9.30 Å². The Labute approximate surface area is 147 Å². The smallest absolute Gasteiger partial charge is 0.230 e. The van der Waals surface area contributed by atoms with Gasteiger partial charge in [0, 0.05) is 31.5 Å². The van der Waals surface area contributed by atoms with Gasteiger partial charge in [-0.3, -0.25) is 15.6 Å².